The number of hydrogen-bond acceptors (Lipinski definition) is 4. The highest BCUT2D eigenvalue weighted by Crippen LogP contribution is 2.32. The highest BCUT2D eigenvalue weighted by Gasteiger charge is 2.31. The molecule has 5 nitrogen and oxygen atoms in total. The van der Waals surface area contributed by atoms with E-state index in [0.717, 1.165) is 29.9 Å². The Morgan fingerprint density at radius 3 is 2.54 bits per heavy atom. The van der Waals surface area contributed by atoms with E-state index >= 15 is 0 Å². The molecule has 1 saturated heterocycles. The first-order chi connectivity index (χ1) is 11.6. The molecule has 1 unspecified atom stereocenters. The average Bonchev–Trinajstić information content (AvgIpc) is 2.59. The summed E-state index contributed by atoms with van der Waals surface area (Å²) in [5, 5.41) is 9.23. The summed E-state index contributed by atoms with van der Waals surface area (Å²) in [5.41, 5.74) is 4.46. The molecule has 0 aromatic carbocycles. The van der Waals surface area contributed by atoms with E-state index in [1.54, 1.807) is 0 Å². The van der Waals surface area contributed by atoms with E-state index in [9.17, 15) is 9.90 Å². The largest absolute Gasteiger partial charge is 0.481 e. The molecule has 24 heavy (non-hydrogen) atoms. The van der Waals surface area contributed by atoms with E-state index in [-0.39, 0.29) is 12.0 Å². The van der Waals surface area contributed by atoms with E-state index < -0.39 is 5.97 Å². The van der Waals surface area contributed by atoms with Crippen molar-refractivity contribution in [2.45, 2.75) is 32.7 Å². The molecule has 0 aliphatic carbocycles. The second kappa shape index (κ2) is 7.09. The number of aryl methyl sites for hydroxylation is 2. The summed E-state index contributed by atoms with van der Waals surface area (Å²) >= 11 is 0. The van der Waals surface area contributed by atoms with Gasteiger partial charge >= 0.3 is 5.97 Å². The molecule has 1 aliphatic heterocycles. The lowest BCUT2D eigenvalue weighted by Gasteiger charge is -2.37. The number of aromatic nitrogens is 2. The zero-order valence-corrected chi connectivity index (χ0v) is 14.1. The molecular formula is C19H23N3O2. The van der Waals surface area contributed by atoms with Crippen LogP contribution in [-0.2, 0) is 4.79 Å². The van der Waals surface area contributed by atoms with E-state index in [1.165, 1.54) is 5.56 Å². The van der Waals surface area contributed by atoms with Gasteiger partial charge in [0.1, 0.15) is 0 Å². The summed E-state index contributed by atoms with van der Waals surface area (Å²) in [6.07, 6.45) is 6.94. The van der Waals surface area contributed by atoms with Crippen LogP contribution in [0, 0.1) is 19.8 Å². The quantitative estimate of drug-likeness (QED) is 0.936. The minimum Gasteiger partial charge on any atom is -0.481 e. The topological polar surface area (TPSA) is 66.3 Å². The van der Waals surface area contributed by atoms with Crippen molar-refractivity contribution in [1.82, 2.24) is 14.9 Å². The first-order valence-electron chi connectivity index (χ1n) is 8.36. The van der Waals surface area contributed by atoms with Crippen molar-refractivity contribution < 1.29 is 9.90 Å². The molecule has 1 aliphatic rings. The van der Waals surface area contributed by atoms with E-state index in [1.807, 2.05) is 31.6 Å². The van der Waals surface area contributed by atoms with Crippen molar-refractivity contribution in [3.8, 4) is 0 Å². The number of aliphatic carboxylic acids is 1. The molecule has 1 atom stereocenters. The van der Waals surface area contributed by atoms with Crippen LogP contribution in [0.25, 0.3) is 0 Å². The Morgan fingerprint density at radius 2 is 1.96 bits per heavy atom. The maximum absolute atomic E-state index is 11.2. The highest BCUT2D eigenvalue weighted by molar-refractivity contribution is 5.70. The zero-order valence-electron chi connectivity index (χ0n) is 14.1. The third-order valence-electron chi connectivity index (χ3n) is 4.82. The number of hydrogen-bond donors (Lipinski definition) is 1. The molecule has 0 amide bonds. The highest BCUT2D eigenvalue weighted by atomic mass is 16.4. The van der Waals surface area contributed by atoms with Crippen LogP contribution < -0.4 is 0 Å². The van der Waals surface area contributed by atoms with Gasteiger partial charge in [-0.3, -0.25) is 19.7 Å². The first-order valence-corrected chi connectivity index (χ1v) is 8.36. The van der Waals surface area contributed by atoms with E-state index in [2.05, 4.69) is 33.9 Å². The average molecular weight is 325 g/mol. The second-order valence-electron chi connectivity index (χ2n) is 6.54. The first kappa shape index (κ1) is 16.6. The molecule has 0 radical (unpaired) electrons. The fourth-order valence-corrected chi connectivity index (χ4v) is 3.38. The van der Waals surface area contributed by atoms with Gasteiger partial charge in [-0.1, -0.05) is 6.07 Å². The summed E-state index contributed by atoms with van der Waals surface area (Å²) in [4.78, 5) is 22.4. The fourth-order valence-electron chi connectivity index (χ4n) is 3.38. The molecule has 1 fully saturated rings. The Morgan fingerprint density at radius 1 is 1.21 bits per heavy atom. The normalized spacial score (nSPS) is 17.6. The van der Waals surface area contributed by atoms with Gasteiger partial charge in [0.2, 0.25) is 0 Å². The number of pyridine rings is 2. The fraction of sp³-hybridized carbons (Fsp3) is 0.421. The van der Waals surface area contributed by atoms with Crippen LogP contribution in [0.1, 0.15) is 41.3 Å². The Kier molecular flexibility index (Phi) is 4.90. The molecule has 3 rings (SSSR count). The predicted octanol–water partition coefficient (Wildman–Crippen LogP) is 2.98. The van der Waals surface area contributed by atoms with Gasteiger partial charge in [0.05, 0.1) is 17.7 Å². The van der Waals surface area contributed by atoms with Crippen molar-refractivity contribution in [3.63, 3.8) is 0 Å². The molecule has 2 aromatic heterocycles. The third kappa shape index (κ3) is 3.46. The number of carboxylic acids is 1. The number of rotatable bonds is 4. The van der Waals surface area contributed by atoms with Crippen molar-refractivity contribution in [3.05, 3.63) is 59.2 Å². The van der Waals surface area contributed by atoms with Crippen LogP contribution in [-0.4, -0.2) is 39.0 Å². The van der Waals surface area contributed by atoms with Gasteiger partial charge < -0.3 is 5.11 Å². The SMILES string of the molecule is Cc1ccc(C(c2ccncc2C)N2CCC(C(=O)O)CC2)nc1. The maximum Gasteiger partial charge on any atom is 0.306 e. The van der Waals surface area contributed by atoms with Gasteiger partial charge in [0.15, 0.2) is 0 Å². The van der Waals surface area contributed by atoms with Gasteiger partial charge in [-0.25, -0.2) is 0 Å². The van der Waals surface area contributed by atoms with Crippen molar-refractivity contribution in [1.29, 1.82) is 0 Å². The molecule has 1 N–H and O–H groups in total. The second-order valence-corrected chi connectivity index (χ2v) is 6.54. The van der Waals surface area contributed by atoms with Gasteiger partial charge in [0, 0.05) is 18.6 Å². The predicted molar refractivity (Wildman–Crippen MR) is 91.7 cm³/mol. The maximum atomic E-state index is 11.2. The molecule has 2 aromatic rings. The number of carboxylic acid groups (broad SMARTS) is 1. The molecule has 3 heterocycles. The standard InChI is InChI=1S/C19H23N3O2/c1-13-3-4-17(21-11-13)18(16-5-8-20-12-14(16)2)22-9-6-15(7-10-22)19(23)24/h3-5,8,11-12,15,18H,6-7,9-10H2,1-2H3,(H,23,24). The van der Waals surface area contributed by atoms with Crippen LogP contribution in [0.4, 0.5) is 0 Å². The Balaban J connectivity index is 1.93. The Hall–Kier alpha value is -2.27. The number of piperidine rings is 1. The molecular weight excluding hydrogens is 302 g/mol. The lowest BCUT2D eigenvalue weighted by molar-refractivity contribution is -0.143. The third-order valence-corrected chi connectivity index (χ3v) is 4.82. The number of nitrogens with zero attached hydrogens (tertiary/aromatic N) is 3. The Labute approximate surface area is 142 Å². The van der Waals surface area contributed by atoms with Crippen LogP contribution in [0.3, 0.4) is 0 Å². The minimum absolute atomic E-state index is 0.0448. The molecule has 5 heteroatoms. The van der Waals surface area contributed by atoms with Gasteiger partial charge in [0.25, 0.3) is 0 Å². The molecule has 0 spiro atoms. The summed E-state index contributed by atoms with van der Waals surface area (Å²) in [7, 11) is 0. The molecule has 0 saturated carbocycles. The lowest BCUT2D eigenvalue weighted by Crippen LogP contribution is -2.39. The Bertz CT molecular complexity index is 707. The lowest BCUT2D eigenvalue weighted by atomic mass is 9.92. The summed E-state index contributed by atoms with van der Waals surface area (Å²) in [6, 6.07) is 6.24. The van der Waals surface area contributed by atoms with Crippen molar-refractivity contribution in [2.24, 2.45) is 5.92 Å². The van der Waals surface area contributed by atoms with Crippen LogP contribution in [0.5, 0.6) is 0 Å². The van der Waals surface area contributed by atoms with Crippen molar-refractivity contribution in [2.75, 3.05) is 13.1 Å². The van der Waals surface area contributed by atoms with E-state index in [0.29, 0.717) is 12.8 Å². The van der Waals surface area contributed by atoms with Gasteiger partial charge in [-0.15, -0.1) is 0 Å². The van der Waals surface area contributed by atoms with Crippen molar-refractivity contribution >= 4 is 5.97 Å². The summed E-state index contributed by atoms with van der Waals surface area (Å²) < 4.78 is 0. The van der Waals surface area contributed by atoms with E-state index in [4.69, 9.17) is 0 Å². The smallest absolute Gasteiger partial charge is 0.306 e. The number of likely N-dealkylation sites (tertiary alicyclic amines) is 1. The van der Waals surface area contributed by atoms with Crippen LogP contribution in [0.2, 0.25) is 0 Å². The molecule has 126 valence electrons. The van der Waals surface area contributed by atoms with Gasteiger partial charge in [-0.05, 0) is 68.6 Å². The molecule has 0 bridgehead atoms. The minimum atomic E-state index is -0.681. The summed E-state index contributed by atoms with van der Waals surface area (Å²) in [5.74, 6) is -0.911. The van der Waals surface area contributed by atoms with Crippen LogP contribution >= 0.6 is 0 Å². The summed E-state index contributed by atoms with van der Waals surface area (Å²) in [6.45, 7) is 5.62. The monoisotopic (exact) mass is 325 g/mol. The van der Waals surface area contributed by atoms with Crippen LogP contribution in [0.15, 0.2) is 36.8 Å². The number of carbonyl (C=O) groups is 1. The van der Waals surface area contributed by atoms with Gasteiger partial charge in [-0.2, -0.15) is 0 Å². The zero-order chi connectivity index (χ0) is 17.1.